The molecule has 1 aromatic rings. The number of anilines is 1. The third-order valence-electron chi connectivity index (χ3n) is 4.20. The lowest BCUT2D eigenvalue weighted by Gasteiger charge is -2.29. The Balaban J connectivity index is 1.60. The standard InChI is InChI=1S/C14H22N4O/c1-17-7-4-11(5-8-17)10-16-13-14(19)18(9-6-15-13)12-2-3-12/h6,9,11-12H,2-5,7-8,10H2,1H3,(H,15,16). The fourth-order valence-corrected chi connectivity index (χ4v) is 2.69. The Morgan fingerprint density at radius 2 is 2.05 bits per heavy atom. The average Bonchev–Trinajstić information content (AvgIpc) is 3.24. The molecule has 0 spiro atoms. The van der Waals surface area contributed by atoms with E-state index in [0.29, 0.717) is 17.8 Å². The zero-order valence-corrected chi connectivity index (χ0v) is 11.5. The van der Waals surface area contributed by atoms with Crippen LogP contribution in [-0.4, -0.2) is 41.1 Å². The minimum absolute atomic E-state index is 0.0397. The van der Waals surface area contributed by atoms with Crippen molar-refractivity contribution >= 4 is 5.82 Å². The molecule has 1 saturated heterocycles. The number of rotatable bonds is 4. The first-order chi connectivity index (χ1) is 9.24. The van der Waals surface area contributed by atoms with Crippen LogP contribution in [-0.2, 0) is 0 Å². The first kappa shape index (κ1) is 12.7. The Morgan fingerprint density at radius 3 is 2.74 bits per heavy atom. The van der Waals surface area contributed by atoms with Gasteiger partial charge in [0.25, 0.3) is 5.56 Å². The molecule has 1 aliphatic carbocycles. The predicted octanol–water partition coefficient (Wildman–Crippen LogP) is 1.33. The lowest BCUT2D eigenvalue weighted by molar-refractivity contribution is 0.226. The summed E-state index contributed by atoms with van der Waals surface area (Å²) in [7, 11) is 2.16. The normalized spacial score (nSPS) is 21.5. The Kier molecular flexibility index (Phi) is 3.55. The van der Waals surface area contributed by atoms with Gasteiger partial charge in [0.1, 0.15) is 0 Å². The van der Waals surface area contributed by atoms with Crippen molar-refractivity contribution in [2.24, 2.45) is 5.92 Å². The molecule has 5 heteroatoms. The maximum atomic E-state index is 12.2. The fraction of sp³-hybridized carbons (Fsp3) is 0.714. The second-order valence-corrected chi connectivity index (χ2v) is 5.85. The summed E-state index contributed by atoms with van der Waals surface area (Å²) in [5.41, 5.74) is 0.0397. The number of likely N-dealkylation sites (tertiary alicyclic amines) is 1. The molecule has 104 valence electrons. The minimum atomic E-state index is 0.0397. The van der Waals surface area contributed by atoms with Crippen molar-refractivity contribution < 1.29 is 0 Å². The number of aromatic nitrogens is 2. The van der Waals surface area contributed by atoms with Crippen molar-refractivity contribution in [3.05, 3.63) is 22.7 Å². The number of nitrogens with one attached hydrogen (secondary N) is 1. The van der Waals surface area contributed by atoms with Gasteiger partial charge >= 0.3 is 0 Å². The van der Waals surface area contributed by atoms with Crippen LogP contribution in [0.2, 0.25) is 0 Å². The van der Waals surface area contributed by atoms with Gasteiger partial charge in [-0.15, -0.1) is 0 Å². The van der Waals surface area contributed by atoms with Gasteiger partial charge in [-0.3, -0.25) is 4.79 Å². The van der Waals surface area contributed by atoms with Crippen LogP contribution in [0.4, 0.5) is 5.82 Å². The third-order valence-corrected chi connectivity index (χ3v) is 4.20. The van der Waals surface area contributed by atoms with Crippen molar-refractivity contribution in [3.63, 3.8) is 0 Å². The van der Waals surface area contributed by atoms with Crippen molar-refractivity contribution in [1.29, 1.82) is 0 Å². The van der Waals surface area contributed by atoms with Gasteiger partial charge in [-0.1, -0.05) is 0 Å². The van der Waals surface area contributed by atoms with Gasteiger partial charge in [-0.05, 0) is 51.7 Å². The molecule has 3 rings (SSSR count). The van der Waals surface area contributed by atoms with Crippen molar-refractivity contribution in [3.8, 4) is 0 Å². The highest BCUT2D eigenvalue weighted by molar-refractivity contribution is 5.31. The van der Waals surface area contributed by atoms with Crippen LogP contribution in [0.25, 0.3) is 0 Å². The molecule has 5 nitrogen and oxygen atoms in total. The van der Waals surface area contributed by atoms with Crippen LogP contribution in [0, 0.1) is 5.92 Å². The minimum Gasteiger partial charge on any atom is -0.365 e. The quantitative estimate of drug-likeness (QED) is 0.889. The van der Waals surface area contributed by atoms with E-state index in [1.165, 1.54) is 12.8 Å². The van der Waals surface area contributed by atoms with Gasteiger partial charge in [0.2, 0.25) is 0 Å². The molecular weight excluding hydrogens is 240 g/mol. The molecule has 0 aromatic carbocycles. The van der Waals surface area contributed by atoms with Crippen molar-refractivity contribution in [1.82, 2.24) is 14.5 Å². The molecule has 0 radical (unpaired) electrons. The van der Waals surface area contributed by atoms with E-state index in [1.807, 2.05) is 4.57 Å². The van der Waals surface area contributed by atoms with Crippen LogP contribution in [0.5, 0.6) is 0 Å². The second-order valence-electron chi connectivity index (χ2n) is 5.85. The topological polar surface area (TPSA) is 50.2 Å². The van der Waals surface area contributed by atoms with Gasteiger partial charge in [-0.25, -0.2) is 4.98 Å². The smallest absolute Gasteiger partial charge is 0.293 e. The lowest BCUT2D eigenvalue weighted by Crippen LogP contribution is -2.34. The van der Waals surface area contributed by atoms with Gasteiger partial charge < -0.3 is 14.8 Å². The van der Waals surface area contributed by atoms with Gasteiger partial charge in [0.05, 0.1) is 0 Å². The summed E-state index contributed by atoms with van der Waals surface area (Å²) in [5, 5.41) is 3.26. The second kappa shape index (κ2) is 5.33. The Labute approximate surface area is 113 Å². The summed E-state index contributed by atoms with van der Waals surface area (Å²) < 4.78 is 1.82. The molecule has 0 unspecified atom stereocenters. The Morgan fingerprint density at radius 1 is 1.32 bits per heavy atom. The molecule has 2 heterocycles. The fourth-order valence-electron chi connectivity index (χ4n) is 2.69. The first-order valence-corrected chi connectivity index (χ1v) is 7.23. The summed E-state index contributed by atoms with van der Waals surface area (Å²) in [6, 6.07) is 0.416. The maximum Gasteiger partial charge on any atom is 0.293 e. The van der Waals surface area contributed by atoms with E-state index in [-0.39, 0.29) is 5.56 Å². The largest absolute Gasteiger partial charge is 0.365 e. The summed E-state index contributed by atoms with van der Waals surface area (Å²) in [4.78, 5) is 18.8. The number of piperidine rings is 1. The molecule has 0 amide bonds. The highest BCUT2D eigenvalue weighted by Gasteiger charge is 2.25. The van der Waals surface area contributed by atoms with E-state index in [0.717, 1.165) is 32.5 Å². The molecule has 19 heavy (non-hydrogen) atoms. The molecule has 1 saturated carbocycles. The van der Waals surface area contributed by atoms with Crippen LogP contribution in [0.1, 0.15) is 31.7 Å². The molecule has 2 aliphatic rings. The summed E-state index contributed by atoms with van der Waals surface area (Å²) in [5.74, 6) is 1.18. The van der Waals surface area contributed by atoms with Crippen molar-refractivity contribution in [2.45, 2.75) is 31.7 Å². The van der Waals surface area contributed by atoms with E-state index < -0.39 is 0 Å². The van der Waals surface area contributed by atoms with E-state index in [1.54, 1.807) is 12.4 Å². The van der Waals surface area contributed by atoms with Gasteiger partial charge in [0.15, 0.2) is 5.82 Å². The highest BCUT2D eigenvalue weighted by Crippen LogP contribution is 2.33. The Bertz CT molecular complexity index is 486. The zero-order valence-electron chi connectivity index (χ0n) is 11.5. The average molecular weight is 262 g/mol. The molecule has 1 aromatic heterocycles. The van der Waals surface area contributed by atoms with Crippen molar-refractivity contribution in [2.75, 3.05) is 32.0 Å². The van der Waals surface area contributed by atoms with E-state index in [4.69, 9.17) is 0 Å². The van der Waals surface area contributed by atoms with E-state index in [9.17, 15) is 4.79 Å². The summed E-state index contributed by atoms with van der Waals surface area (Å²) in [6.45, 7) is 3.17. The SMILES string of the molecule is CN1CCC(CNc2nccn(C3CC3)c2=O)CC1. The van der Waals surface area contributed by atoms with Crippen LogP contribution < -0.4 is 10.9 Å². The van der Waals surface area contributed by atoms with E-state index in [2.05, 4.69) is 22.2 Å². The van der Waals surface area contributed by atoms with E-state index >= 15 is 0 Å². The zero-order chi connectivity index (χ0) is 13.2. The predicted molar refractivity (Wildman–Crippen MR) is 75.5 cm³/mol. The summed E-state index contributed by atoms with van der Waals surface area (Å²) >= 11 is 0. The maximum absolute atomic E-state index is 12.2. The number of nitrogens with zero attached hydrogens (tertiary/aromatic N) is 3. The molecule has 1 aliphatic heterocycles. The van der Waals surface area contributed by atoms with Crippen LogP contribution in [0.3, 0.4) is 0 Å². The molecule has 2 fully saturated rings. The van der Waals surface area contributed by atoms with Crippen LogP contribution >= 0.6 is 0 Å². The summed E-state index contributed by atoms with van der Waals surface area (Å²) in [6.07, 6.45) is 8.19. The third kappa shape index (κ3) is 2.97. The van der Waals surface area contributed by atoms with Crippen LogP contribution in [0.15, 0.2) is 17.2 Å². The van der Waals surface area contributed by atoms with Gasteiger partial charge in [0, 0.05) is 25.0 Å². The number of hydrogen-bond acceptors (Lipinski definition) is 4. The molecular formula is C14H22N4O. The molecule has 1 N–H and O–H groups in total. The van der Waals surface area contributed by atoms with Gasteiger partial charge in [-0.2, -0.15) is 0 Å². The first-order valence-electron chi connectivity index (χ1n) is 7.23. The molecule has 0 atom stereocenters. The number of hydrogen-bond donors (Lipinski definition) is 1. The monoisotopic (exact) mass is 262 g/mol. The molecule has 0 bridgehead atoms. The Hall–Kier alpha value is -1.36. The lowest BCUT2D eigenvalue weighted by atomic mass is 9.97. The highest BCUT2D eigenvalue weighted by atomic mass is 16.1.